The van der Waals surface area contributed by atoms with Gasteiger partial charge in [-0.15, -0.1) is 0 Å². The number of nitrogens with zero attached hydrogens (tertiary/aromatic N) is 1. The molecule has 0 unspecified atom stereocenters. The van der Waals surface area contributed by atoms with E-state index in [1.165, 1.54) is 17.9 Å². The molecule has 0 N–H and O–H groups in total. The van der Waals surface area contributed by atoms with Crippen molar-refractivity contribution in [2.24, 2.45) is 0 Å². The molecule has 4 nitrogen and oxygen atoms in total. The summed E-state index contributed by atoms with van der Waals surface area (Å²) in [6.07, 6.45) is 4.65. The topological polar surface area (TPSA) is 46.6 Å². The van der Waals surface area contributed by atoms with E-state index in [4.69, 9.17) is 12.6 Å². The fourth-order valence-electron chi connectivity index (χ4n) is 1.89. The summed E-state index contributed by atoms with van der Waals surface area (Å²) >= 11 is 0. The Morgan fingerprint density at radius 3 is 2.50 bits per heavy atom. The Bertz CT molecular complexity index is 305. The average molecular weight is 251 g/mol. The van der Waals surface area contributed by atoms with Crippen LogP contribution >= 0.6 is 0 Å². The largest absolute Gasteiger partial charge is 0.355 e. The summed E-state index contributed by atoms with van der Waals surface area (Å²) in [6.45, 7) is 7.72. The van der Waals surface area contributed by atoms with Gasteiger partial charge in [0.25, 0.3) is 0 Å². The number of ether oxygens (including phenoxy) is 1. The van der Waals surface area contributed by atoms with Gasteiger partial charge in [0.05, 0.1) is 12.1 Å². The molecule has 1 saturated heterocycles. The maximum atomic E-state index is 11.1. The SMILES string of the molecule is CC.[B]C(=O)N1CO[C@H](C/C=C/C(C)=O)[C@@H]1CC. The number of carbonyl (C=O) groups excluding carboxylic acids is 2. The predicted octanol–water partition coefficient (Wildman–Crippen LogP) is 2.27. The van der Waals surface area contributed by atoms with E-state index in [9.17, 15) is 9.59 Å². The summed E-state index contributed by atoms with van der Waals surface area (Å²) in [6, 6.07) is 0.00843. The standard InChI is InChI=1S/C11H16BNO3.C2H6/c1-3-9-10(6-4-5-8(2)14)16-7-13(9)11(12)15;1-2/h4-5,9-10H,3,6-7H2,1-2H3;1-2H3/b5-4+;/t9-,10+;/m0./s1. The second kappa shape index (κ2) is 8.92. The van der Waals surface area contributed by atoms with Crippen LogP contribution in [0.15, 0.2) is 12.2 Å². The Labute approximate surface area is 111 Å². The molecule has 18 heavy (non-hydrogen) atoms. The fourth-order valence-corrected chi connectivity index (χ4v) is 1.89. The van der Waals surface area contributed by atoms with Gasteiger partial charge in [-0.1, -0.05) is 26.8 Å². The molecule has 1 fully saturated rings. The molecule has 0 saturated carbocycles. The fraction of sp³-hybridized carbons (Fsp3) is 0.692. The summed E-state index contributed by atoms with van der Waals surface area (Å²) in [5.74, 6) is -0.442. The second-order valence-corrected chi connectivity index (χ2v) is 3.87. The lowest BCUT2D eigenvalue weighted by Crippen LogP contribution is -2.38. The minimum Gasteiger partial charge on any atom is -0.355 e. The number of allylic oxidation sites excluding steroid dienone is 1. The van der Waals surface area contributed by atoms with Gasteiger partial charge in [0.15, 0.2) is 11.6 Å². The highest BCUT2D eigenvalue weighted by Gasteiger charge is 2.33. The van der Waals surface area contributed by atoms with Gasteiger partial charge < -0.3 is 9.64 Å². The molecule has 0 aliphatic carbocycles. The molecule has 0 aromatic carbocycles. The van der Waals surface area contributed by atoms with Gasteiger partial charge >= 0.3 is 0 Å². The molecular formula is C13H22BNO3. The van der Waals surface area contributed by atoms with E-state index < -0.39 is 5.81 Å². The summed E-state index contributed by atoms with van der Waals surface area (Å²) in [5.41, 5.74) is 0. The number of carbonyl (C=O) groups is 2. The number of hydrogen-bond acceptors (Lipinski definition) is 3. The van der Waals surface area contributed by atoms with Crippen LogP contribution in [0.5, 0.6) is 0 Å². The molecule has 0 aromatic heterocycles. The van der Waals surface area contributed by atoms with Gasteiger partial charge in [-0.3, -0.25) is 9.59 Å². The Kier molecular flexibility index (Phi) is 8.38. The Hall–Kier alpha value is -1.10. The van der Waals surface area contributed by atoms with E-state index in [1.54, 1.807) is 6.08 Å². The molecule has 1 rings (SSSR count). The first-order chi connectivity index (χ1) is 8.56. The van der Waals surface area contributed by atoms with Crippen molar-refractivity contribution < 1.29 is 14.3 Å². The highest BCUT2D eigenvalue weighted by molar-refractivity contribution is 6.56. The van der Waals surface area contributed by atoms with Crippen LogP contribution in [0.1, 0.15) is 40.5 Å². The summed E-state index contributed by atoms with van der Waals surface area (Å²) < 4.78 is 5.47. The van der Waals surface area contributed by atoms with Crippen LogP contribution in [0, 0.1) is 0 Å². The number of ketones is 1. The van der Waals surface area contributed by atoms with Crippen LogP contribution in [0.4, 0.5) is 4.79 Å². The molecule has 1 amide bonds. The molecule has 0 bridgehead atoms. The third-order valence-corrected chi connectivity index (χ3v) is 2.68. The van der Waals surface area contributed by atoms with E-state index in [-0.39, 0.29) is 24.7 Å². The molecular weight excluding hydrogens is 229 g/mol. The summed E-state index contributed by atoms with van der Waals surface area (Å²) in [7, 11) is 5.24. The molecule has 1 heterocycles. The third-order valence-electron chi connectivity index (χ3n) is 2.68. The van der Waals surface area contributed by atoms with Crippen molar-refractivity contribution in [2.75, 3.05) is 6.73 Å². The zero-order valence-electron chi connectivity index (χ0n) is 11.7. The molecule has 5 heteroatoms. The Morgan fingerprint density at radius 1 is 1.44 bits per heavy atom. The highest BCUT2D eigenvalue weighted by Crippen LogP contribution is 2.22. The molecule has 1 aliphatic rings. The monoisotopic (exact) mass is 251 g/mol. The molecule has 0 aromatic rings. The number of amides is 1. The van der Waals surface area contributed by atoms with Gasteiger partial charge in [0, 0.05) is 0 Å². The van der Waals surface area contributed by atoms with Crippen molar-refractivity contribution in [3.63, 3.8) is 0 Å². The molecule has 1 aliphatic heterocycles. The van der Waals surface area contributed by atoms with Crippen LogP contribution in [0.25, 0.3) is 0 Å². The maximum Gasteiger partial charge on any atom is 0.200 e. The second-order valence-electron chi connectivity index (χ2n) is 3.87. The van der Waals surface area contributed by atoms with Crippen molar-refractivity contribution in [1.82, 2.24) is 4.90 Å². The van der Waals surface area contributed by atoms with Crippen LogP contribution in [0.2, 0.25) is 0 Å². The van der Waals surface area contributed by atoms with Gasteiger partial charge in [0.2, 0.25) is 7.85 Å². The lowest BCUT2D eigenvalue weighted by Gasteiger charge is -2.23. The zero-order chi connectivity index (χ0) is 14.1. The highest BCUT2D eigenvalue weighted by atomic mass is 16.5. The lowest BCUT2D eigenvalue weighted by atomic mass is 10.0. The van der Waals surface area contributed by atoms with Crippen molar-refractivity contribution in [3.8, 4) is 0 Å². The van der Waals surface area contributed by atoms with Crippen molar-refractivity contribution in [3.05, 3.63) is 12.2 Å². The molecule has 0 spiro atoms. The predicted molar refractivity (Wildman–Crippen MR) is 72.6 cm³/mol. The first-order valence-corrected chi connectivity index (χ1v) is 6.41. The average Bonchev–Trinajstić information content (AvgIpc) is 2.74. The smallest absolute Gasteiger partial charge is 0.200 e. The van der Waals surface area contributed by atoms with Crippen LogP contribution in [-0.4, -0.2) is 43.2 Å². The Balaban J connectivity index is 0.00000137. The minimum atomic E-state index is -0.454. The number of hydrogen-bond donors (Lipinski definition) is 0. The van der Waals surface area contributed by atoms with Crippen molar-refractivity contribution >= 4 is 19.4 Å². The van der Waals surface area contributed by atoms with Crippen molar-refractivity contribution in [2.45, 2.75) is 52.7 Å². The van der Waals surface area contributed by atoms with Gasteiger partial charge in [-0.2, -0.15) is 0 Å². The maximum absolute atomic E-state index is 11.1. The van der Waals surface area contributed by atoms with E-state index in [0.29, 0.717) is 6.42 Å². The first-order valence-electron chi connectivity index (χ1n) is 6.41. The quantitative estimate of drug-likeness (QED) is 0.568. The van der Waals surface area contributed by atoms with E-state index in [2.05, 4.69) is 0 Å². The normalized spacial score (nSPS) is 22.8. The van der Waals surface area contributed by atoms with Crippen LogP contribution in [-0.2, 0) is 9.53 Å². The van der Waals surface area contributed by atoms with E-state index in [1.807, 2.05) is 20.8 Å². The molecule has 2 radical (unpaired) electrons. The molecule has 2 atom stereocenters. The lowest BCUT2D eigenvalue weighted by molar-refractivity contribution is -0.112. The van der Waals surface area contributed by atoms with Gasteiger partial charge in [0.1, 0.15) is 6.73 Å². The van der Waals surface area contributed by atoms with E-state index >= 15 is 0 Å². The first kappa shape index (κ1) is 16.9. The Morgan fingerprint density at radius 2 is 2.06 bits per heavy atom. The van der Waals surface area contributed by atoms with Gasteiger partial charge in [-0.05, 0) is 25.8 Å². The van der Waals surface area contributed by atoms with Gasteiger partial charge in [-0.25, -0.2) is 0 Å². The number of rotatable bonds is 4. The van der Waals surface area contributed by atoms with Crippen LogP contribution < -0.4 is 0 Å². The van der Waals surface area contributed by atoms with E-state index in [0.717, 1.165) is 6.42 Å². The molecule has 100 valence electrons. The summed E-state index contributed by atoms with van der Waals surface area (Å²) in [4.78, 5) is 23.3. The van der Waals surface area contributed by atoms with Crippen LogP contribution in [0.3, 0.4) is 0 Å². The van der Waals surface area contributed by atoms with Crippen molar-refractivity contribution in [1.29, 1.82) is 0 Å². The third kappa shape index (κ3) is 5.04. The summed E-state index contributed by atoms with van der Waals surface area (Å²) in [5, 5.41) is 0. The zero-order valence-corrected chi connectivity index (χ0v) is 11.7. The minimum absolute atomic E-state index is 0.00843.